The first-order valence-corrected chi connectivity index (χ1v) is 9.50. The molecule has 2 aromatic heterocycles. The fraction of sp³-hybridized carbons (Fsp3) is 0.579. The standard InChI is InChI=1S/C19H23F3N4O3/c1-13-14(26-5-3-2-4-16(26)24-13)9-25-6-7-29-18(11-25)8-15(28-12-18)17(27)23-10-19(20,21)22/h2-5,15H,6-12H2,1H3,(H,23,27). The monoisotopic (exact) mass is 412 g/mol. The summed E-state index contributed by atoms with van der Waals surface area (Å²) in [7, 11) is 0. The molecule has 2 fully saturated rings. The van der Waals surface area contributed by atoms with Gasteiger partial charge in [0.15, 0.2) is 0 Å². The summed E-state index contributed by atoms with van der Waals surface area (Å²) < 4.78 is 50.5. The molecule has 0 aliphatic carbocycles. The lowest BCUT2D eigenvalue weighted by Crippen LogP contribution is -2.52. The zero-order chi connectivity index (χ0) is 20.6. The van der Waals surface area contributed by atoms with Gasteiger partial charge in [-0.1, -0.05) is 6.07 Å². The van der Waals surface area contributed by atoms with Crippen molar-refractivity contribution in [3.63, 3.8) is 0 Å². The van der Waals surface area contributed by atoms with Gasteiger partial charge in [0.05, 0.1) is 24.6 Å². The predicted octanol–water partition coefficient (Wildman–Crippen LogP) is 1.68. The van der Waals surface area contributed by atoms with Gasteiger partial charge in [0.2, 0.25) is 5.91 Å². The number of alkyl halides is 3. The molecule has 1 spiro atoms. The zero-order valence-corrected chi connectivity index (χ0v) is 16.0. The molecule has 158 valence electrons. The second-order valence-corrected chi connectivity index (χ2v) is 7.65. The van der Waals surface area contributed by atoms with E-state index in [4.69, 9.17) is 9.47 Å². The summed E-state index contributed by atoms with van der Waals surface area (Å²) in [6.45, 7) is 3.17. The van der Waals surface area contributed by atoms with Crippen molar-refractivity contribution in [2.45, 2.75) is 37.8 Å². The highest BCUT2D eigenvalue weighted by atomic mass is 19.4. The summed E-state index contributed by atoms with van der Waals surface area (Å²) in [5.74, 6) is -0.752. The number of hydrogen-bond acceptors (Lipinski definition) is 5. The average Bonchev–Trinajstić information content (AvgIpc) is 3.21. The van der Waals surface area contributed by atoms with Gasteiger partial charge in [-0.15, -0.1) is 0 Å². The van der Waals surface area contributed by atoms with E-state index < -0.39 is 30.3 Å². The first-order valence-electron chi connectivity index (χ1n) is 9.50. The van der Waals surface area contributed by atoms with E-state index in [1.54, 1.807) is 0 Å². The third-order valence-corrected chi connectivity index (χ3v) is 5.39. The molecule has 2 aliphatic heterocycles. The van der Waals surface area contributed by atoms with Gasteiger partial charge in [0.1, 0.15) is 23.9 Å². The minimum absolute atomic E-state index is 0.180. The van der Waals surface area contributed by atoms with E-state index in [0.717, 1.165) is 17.0 Å². The van der Waals surface area contributed by atoms with Gasteiger partial charge in [-0.05, 0) is 19.1 Å². The summed E-state index contributed by atoms with van der Waals surface area (Å²) in [5.41, 5.74) is 2.22. The second kappa shape index (κ2) is 7.58. The van der Waals surface area contributed by atoms with Crippen molar-refractivity contribution < 1.29 is 27.4 Å². The van der Waals surface area contributed by atoms with Crippen LogP contribution >= 0.6 is 0 Å². The van der Waals surface area contributed by atoms with E-state index in [-0.39, 0.29) is 13.0 Å². The molecular formula is C19H23F3N4O3. The van der Waals surface area contributed by atoms with E-state index in [2.05, 4.69) is 14.3 Å². The molecule has 0 radical (unpaired) electrons. The van der Waals surface area contributed by atoms with Crippen LogP contribution in [0.2, 0.25) is 0 Å². The van der Waals surface area contributed by atoms with Crippen molar-refractivity contribution in [3.8, 4) is 0 Å². The van der Waals surface area contributed by atoms with Crippen LogP contribution in [-0.4, -0.2) is 70.9 Å². The van der Waals surface area contributed by atoms with Crippen molar-refractivity contribution in [1.29, 1.82) is 0 Å². The summed E-state index contributed by atoms with van der Waals surface area (Å²) >= 11 is 0. The Balaban J connectivity index is 1.41. The number of ether oxygens (including phenoxy) is 2. The van der Waals surface area contributed by atoms with Crippen molar-refractivity contribution >= 4 is 11.6 Å². The summed E-state index contributed by atoms with van der Waals surface area (Å²) in [6.07, 6.45) is -3.18. The van der Waals surface area contributed by atoms with E-state index >= 15 is 0 Å². The van der Waals surface area contributed by atoms with Gasteiger partial charge in [-0.3, -0.25) is 9.69 Å². The highest BCUT2D eigenvalue weighted by Gasteiger charge is 2.47. The molecule has 10 heteroatoms. The molecule has 4 rings (SSSR count). The number of halogens is 3. The molecule has 7 nitrogen and oxygen atoms in total. The van der Waals surface area contributed by atoms with E-state index in [1.807, 2.05) is 36.6 Å². The molecule has 0 saturated carbocycles. The van der Waals surface area contributed by atoms with Crippen molar-refractivity contribution in [2.24, 2.45) is 0 Å². The van der Waals surface area contributed by atoms with Crippen molar-refractivity contribution in [3.05, 3.63) is 35.8 Å². The van der Waals surface area contributed by atoms with E-state index in [1.165, 1.54) is 0 Å². The number of aromatic nitrogens is 2. The number of pyridine rings is 1. The van der Waals surface area contributed by atoms with Crippen LogP contribution in [0.5, 0.6) is 0 Å². The number of rotatable bonds is 4. The number of morpholine rings is 1. The van der Waals surface area contributed by atoms with Crippen LogP contribution < -0.4 is 5.32 Å². The van der Waals surface area contributed by atoms with Crippen molar-refractivity contribution in [1.82, 2.24) is 19.6 Å². The quantitative estimate of drug-likeness (QED) is 0.828. The molecule has 4 heterocycles. The molecule has 0 aromatic carbocycles. The minimum atomic E-state index is -4.45. The van der Waals surface area contributed by atoms with Gasteiger partial charge in [-0.25, -0.2) is 4.98 Å². The Morgan fingerprint density at radius 3 is 3.03 bits per heavy atom. The van der Waals surface area contributed by atoms with Crippen LogP contribution in [-0.2, 0) is 20.8 Å². The molecule has 1 amide bonds. The molecule has 2 unspecified atom stereocenters. The van der Waals surface area contributed by atoms with Gasteiger partial charge in [0.25, 0.3) is 0 Å². The Bertz CT molecular complexity index is 900. The van der Waals surface area contributed by atoms with Crippen LogP contribution in [0.4, 0.5) is 13.2 Å². The Morgan fingerprint density at radius 2 is 2.24 bits per heavy atom. The molecule has 2 aromatic rings. The minimum Gasteiger partial charge on any atom is -0.370 e. The highest BCUT2D eigenvalue weighted by molar-refractivity contribution is 5.81. The number of nitrogens with one attached hydrogen (secondary N) is 1. The molecule has 29 heavy (non-hydrogen) atoms. The Hall–Kier alpha value is -2.17. The number of fused-ring (bicyclic) bond motifs is 1. The average molecular weight is 412 g/mol. The molecule has 2 aliphatic rings. The molecule has 0 bridgehead atoms. The number of carbonyl (C=O) groups excluding carboxylic acids is 1. The summed E-state index contributed by atoms with van der Waals surface area (Å²) in [4.78, 5) is 18.8. The van der Waals surface area contributed by atoms with Gasteiger partial charge in [-0.2, -0.15) is 13.2 Å². The number of aryl methyl sites for hydroxylation is 1. The first-order chi connectivity index (χ1) is 13.7. The Morgan fingerprint density at radius 1 is 1.41 bits per heavy atom. The lowest BCUT2D eigenvalue weighted by Gasteiger charge is -2.39. The number of amides is 1. The molecule has 1 N–H and O–H groups in total. The van der Waals surface area contributed by atoms with E-state index in [9.17, 15) is 18.0 Å². The predicted molar refractivity (Wildman–Crippen MR) is 97.3 cm³/mol. The maximum Gasteiger partial charge on any atom is 0.405 e. The Labute approximate surface area is 165 Å². The Kier molecular flexibility index (Phi) is 5.26. The van der Waals surface area contributed by atoms with Crippen molar-refractivity contribution in [2.75, 3.05) is 32.8 Å². The third kappa shape index (κ3) is 4.39. The zero-order valence-electron chi connectivity index (χ0n) is 16.0. The number of imidazole rings is 1. The molecular weight excluding hydrogens is 389 g/mol. The van der Waals surface area contributed by atoms with Crippen LogP contribution in [0.25, 0.3) is 5.65 Å². The lowest BCUT2D eigenvalue weighted by atomic mass is 9.97. The topological polar surface area (TPSA) is 68.1 Å². The first kappa shape index (κ1) is 20.1. The summed E-state index contributed by atoms with van der Waals surface area (Å²) in [5, 5.41) is 1.89. The highest BCUT2D eigenvalue weighted by Crippen LogP contribution is 2.32. The largest absolute Gasteiger partial charge is 0.405 e. The van der Waals surface area contributed by atoms with Crippen LogP contribution in [0.15, 0.2) is 24.4 Å². The maximum absolute atomic E-state index is 12.3. The van der Waals surface area contributed by atoms with Gasteiger partial charge < -0.3 is 19.2 Å². The fourth-order valence-electron chi connectivity index (χ4n) is 4.01. The lowest BCUT2D eigenvalue weighted by molar-refractivity contribution is -0.143. The number of nitrogens with zero attached hydrogens (tertiary/aromatic N) is 3. The summed E-state index contributed by atoms with van der Waals surface area (Å²) in [6, 6.07) is 5.84. The van der Waals surface area contributed by atoms with Gasteiger partial charge in [0, 0.05) is 32.3 Å². The van der Waals surface area contributed by atoms with Gasteiger partial charge >= 0.3 is 6.18 Å². The molecule has 2 atom stereocenters. The second-order valence-electron chi connectivity index (χ2n) is 7.65. The fourth-order valence-corrected chi connectivity index (χ4v) is 4.01. The number of hydrogen-bond donors (Lipinski definition) is 1. The van der Waals surface area contributed by atoms with Crippen LogP contribution in [0.1, 0.15) is 17.8 Å². The SMILES string of the molecule is Cc1nc2ccccn2c1CN1CCOC2(COC(C(=O)NCC(F)(F)F)C2)C1. The molecule has 2 saturated heterocycles. The van der Waals surface area contributed by atoms with Crippen LogP contribution in [0.3, 0.4) is 0 Å². The number of carbonyl (C=O) groups is 1. The van der Waals surface area contributed by atoms with Crippen LogP contribution in [0, 0.1) is 6.92 Å². The maximum atomic E-state index is 12.3. The van der Waals surface area contributed by atoms with E-state index in [0.29, 0.717) is 26.2 Å². The third-order valence-electron chi connectivity index (χ3n) is 5.39. The smallest absolute Gasteiger partial charge is 0.370 e. The normalized spacial score (nSPS) is 25.7.